The molecule has 0 bridgehead atoms. The lowest BCUT2D eigenvalue weighted by atomic mass is 10.3. The van der Waals surface area contributed by atoms with Crippen LogP contribution in [0.15, 0.2) is 66.7 Å². The van der Waals surface area contributed by atoms with Gasteiger partial charge in [-0.1, -0.05) is 34.8 Å². The monoisotopic (exact) mass is 406 g/mol. The lowest BCUT2D eigenvalue weighted by Crippen LogP contribution is -2.19. The normalized spacial score (nSPS) is 10.3. The minimum Gasteiger partial charge on any atom is -0.457 e. The van der Waals surface area contributed by atoms with Crippen molar-refractivity contribution < 1.29 is 9.53 Å². The van der Waals surface area contributed by atoms with E-state index in [9.17, 15) is 4.79 Å². The number of rotatable bonds is 4. The van der Waals surface area contributed by atoms with Gasteiger partial charge in [0.05, 0.1) is 10.0 Å². The van der Waals surface area contributed by atoms with Crippen LogP contribution in [-0.4, -0.2) is 6.03 Å². The average Bonchev–Trinajstić information content (AvgIpc) is 2.62. The zero-order chi connectivity index (χ0) is 18.5. The molecule has 0 heterocycles. The highest BCUT2D eigenvalue weighted by Gasteiger charge is 2.05. The van der Waals surface area contributed by atoms with E-state index in [1.54, 1.807) is 66.7 Å². The molecule has 2 N–H and O–H groups in total. The molecule has 0 aliphatic rings. The largest absolute Gasteiger partial charge is 0.457 e. The van der Waals surface area contributed by atoms with Crippen LogP contribution < -0.4 is 15.4 Å². The maximum absolute atomic E-state index is 12.0. The van der Waals surface area contributed by atoms with Crippen LogP contribution in [0, 0.1) is 0 Å². The zero-order valence-corrected chi connectivity index (χ0v) is 15.6. The second kappa shape index (κ2) is 8.32. The number of amides is 2. The van der Waals surface area contributed by atoms with Crippen molar-refractivity contribution in [2.24, 2.45) is 0 Å². The fourth-order valence-electron chi connectivity index (χ4n) is 2.11. The van der Waals surface area contributed by atoms with Gasteiger partial charge in [-0.3, -0.25) is 0 Å². The fourth-order valence-corrected chi connectivity index (χ4v) is 2.54. The Morgan fingerprint density at radius 1 is 0.692 bits per heavy atom. The zero-order valence-electron chi connectivity index (χ0n) is 13.3. The Morgan fingerprint density at radius 3 is 1.85 bits per heavy atom. The van der Waals surface area contributed by atoms with Gasteiger partial charge in [-0.05, 0) is 66.7 Å². The number of benzene rings is 3. The summed E-state index contributed by atoms with van der Waals surface area (Å²) in [7, 11) is 0. The highest BCUT2D eigenvalue weighted by Crippen LogP contribution is 2.26. The number of nitrogens with one attached hydrogen (secondary N) is 2. The molecule has 2 amide bonds. The topological polar surface area (TPSA) is 50.4 Å². The molecule has 0 spiro atoms. The third kappa shape index (κ3) is 5.05. The van der Waals surface area contributed by atoms with Crippen LogP contribution in [0.3, 0.4) is 0 Å². The number of carbonyl (C=O) groups excluding carboxylic acids is 1. The predicted molar refractivity (Wildman–Crippen MR) is 107 cm³/mol. The van der Waals surface area contributed by atoms with Gasteiger partial charge in [0.15, 0.2) is 0 Å². The van der Waals surface area contributed by atoms with Crippen molar-refractivity contribution in [1.29, 1.82) is 0 Å². The highest BCUT2D eigenvalue weighted by molar-refractivity contribution is 6.42. The number of carbonyl (C=O) groups is 1. The van der Waals surface area contributed by atoms with Crippen LogP contribution in [0.5, 0.6) is 11.5 Å². The summed E-state index contributed by atoms with van der Waals surface area (Å²) in [5, 5.41) is 6.84. The van der Waals surface area contributed by atoms with Gasteiger partial charge in [0.1, 0.15) is 11.5 Å². The number of anilines is 2. The Hall–Kier alpha value is -2.40. The van der Waals surface area contributed by atoms with Gasteiger partial charge in [-0.2, -0.15) is 0 Å². The SMILES string of the molecule is O=C(Nc1ccc(Oc2ccc(Cl)cc2)cc1)Nc1ccc(Cl)c(Cl)c1. The standard InChI is InChI=1S/C19H13Cl3N2O2/c20-12-1-6-15(7-2-12)26-16-8-3-13(4-9-16)23-19(25)24-14-5-10-17(21)18(22)11-14/h1-11H,(H2,23,24,25). The first-order valence-corrected chi connectivity index (χ1v) is 8.69. The van der Waals surface area contributed by atoms with Gasteiger partial charge in [-0.25, -0.2) is 4.79 Å². The van der Waals surface area contributed by atoms with Crippen LogP contribution in [0.4, 0.5) is 16.2 Å². The first-order chi connectivity index (χ1) is 12.5. The first-order valence-electron chi connectivity index (χ1n) is 7.56. The summed E-state index contributed by atoms with van der Waals surface area (Å²) in [5.74, 6) is 1.32. The van der Waals surface area contributed by atoms with Gasteiger partial charge in [0.25, 0.3) is 0 Å². The molecule has 4 nitrogen and oxygen atoms in total. The third-order valence-electron chi connectivity index (χ3n) is 3.34. The molecule has 0 unspecified atom stereocenters. The molecule has 0 saturated heterocycles. The van der Waals surface area contributed by atoms with E-state index in [1.807, 2.05) is 0 Å². The van der Waals surface area contributed by atoms with E-state index in [0.29, 0.717) is 37.9 Å². The van der Waals surface area contributed by atoms with Gasteiger partial charge in [0.2, 0.25) is 0 Å². The van der Waals surface area contributed by atoms with E-state index in [2.05, 4.69) is 10.6 Å². The number of urea groups is 1. The minimum atomic E-state index is -0.394. The van der Waals surface area contributed by atoms with Crippen molar-refractivity contribution in [3.8, 4) is 11.5 Å². The molecular formula is C19H13Cl3N2O2. The molecule has 0 aliphatic heterocycles. The van der Waals surface area contributed by atoms with Crippen LogP contribution in [0.1, 0.15) is 0 Å². The molecule has 7 heteroatoms. The van der Waals surface area contributed by atoms with Gasteiger partial charge < -0.3 is 15.4 Å². The van der Waals surface area contributed by atoms with Gasteiger partial charge in [0, 0.05) is 16.4 Å². The molecule has 26 heavy (non-hydrogen) atoms. The summed E-state index contributed by atoms with van der Waals surface area (Å²) >= 11 is 17.6. The molecule has 3 aromatic carbocycles. The first kappa shape index (κ1) is 18.4. The van der Waals surface area contributed by atoms with E-state index in [-0.39, 0.29) is 0 Å². The number of ether oxygens (including phenoxy) is 1. The lowest BCUT2D eigenvalue weighted by molar-refractivity contribution is 0.262. The smallest absolute Gasteiger partial charge is 0.323 e. The van der Waals surface area contributed by atoms with Crippen LogP contribution in [0.25, 0.3) is 0 Å². The maximum atomic E-state index is 12.0. The Bertz CT molecular complexity index is 913. The average molecular weight is 408 g/mol. The summed E-state index contributed by atoms with van der Waals surface area (Å²) in [6, 6.07) is 18.5. The molecule has 0 saturated carbocycles. The van der Waals surface area contributed by atoms with E-state index >= 15 is 0 Å². The summed E-state index contributed by atoms with van der Waals surface area (Å²) in [6.45, 7) is 0. The van der Waals surface area contributed by atoms with Gasteiger partial charge in [-0.15, -0.1) is 0 Å². The highest BCUT2D eigenvalue weighted by atomic mass is 35.5. The van der Waals surface area contributed by atoms with Crippen LogP contribution >= 0.6 is 34.8 Å². The number of hydrogen-bond donors (Lipinski definition) is 2. The summed E-state index contributed by atoms with van der Waals surface area (Å²) in [4.78, 5) is 12.0. The van der Waals surface area contributed by atoms with Crippen molar-refractivity contribution >= 4 is 52.2 Å². The number of hydrogen-bond acceptors (Lipinski definition) is 2. The summed E-state index contributed by atoms with van der Waals surface area (Å²) < 4.78 is 5.70. The second-order valence-corrected chi connectivity index (χ2v) is 6.54. The lowest BCUT2D eigenvalue weighted by Gasteiger charge is -2.10. The van der Waals surface area contributed by atoms with E-state index in [1.165, 1.54) is 0 Å². The Morgan fingerprint density at radius 2 is 1.23 bits per heavy atom. The quantitative estimate of drug-likeness (QED) is 0.485. The predicted octanol–water partition coefficient (Wildman–Crippen LogP) is 7.08. The van der Waals surface area contributed by atoms with Crippen molar-refractivity contribution in [3.05, 3.63) is 81.8 Å². The molecule has 0 radical (unpaired) electrons. The van der Waals surface area contributed by atoms with Gasteiger partial charge >= 0.3 is 6.03 Å². The number of halogens is 3. The fraction of sp³-hybridized carbons (Fsp3) is 0. The second-order valence-electron chi connectivity index (χ2n) is 5.29. The Kier molecular flexibility index (Phi) is 5.89. The molecule has 0 aliphatic carbocycles. The van der Waals surface area contributed by atoms with E-state index < -0.39 is 6.03 Å². The molecule has 0 fully saturated rings. The van der Waals surface area contributed by atoms with Crippen LogP contribution in [-0.2, 0) is 0 Å². The molecule has 0 atom stereocenters. The third-order valence-corrected chi connectivity index (χ3v) is 4.33. The summed E-state index contributed by atoms with van der Waals surface area (Å²) in [6.07, 6.45) is 0. The maximum Gasteiger partial charge on any atom is 0.323 e. The van der Waals surface area contributed by atoms with Crippen molar-refractivity contribution in [1.82, 2.24) is 0 Å². The molecule has 132 valence electrons. The van der Waals surface area contributed by atoms with Crippen molar-refractivity contribution in [2.45, 2.75) is 0 Å². The summed E-state index contributed by atoms with van der Waals surface area (Å²) in [5.41, 5.74) is 1.16. The minimum absolute atomic E-state index is 0.369. The van der Waals surface area contributed by atoms with Crippen LogP contribution in [0.2, 0.25) is 15.1 Å². The molecule has 3 aromatic rings. The Labute approximate surface area is 165 Å². The molecular weight excluding hydrogens is 395 g/mol. The van der Waals surface area contributed by atoms with Crippen molar-refractivity contribution in [2.75, 3.05) is 10.6 Å². The Balaban J connectivity index is 1.58. The van der Waals surface area contributed by atoms with Crippen molar-refractivity contribution in [3.63, 3.8) is 0 Å². The molecule has 3 rings (SSSR count). The van der Waals surface area contributed by atoms with E-state index in [0.717, 1.165) is 0 Å². The van der Waals surface area contributed by atoms with E-state index in [4.69, 9.17) is 39.5 Å². The molecule has 0 aromatic heterocycles.